The van der Waals surface area contributed by atoms with Crippen molar-refractivity contribution in [2.75, 3.05) is 5.88 Å². The maximum atomic E-state index is 12.1. The second-order valence-electron chi connectivity index (χ2n) is 4.44. The van der Waals surface area contributed by atoms with Gasteiger partial charge in [0.1, 0.15) is 0 Å². The zero-order valence-electron chi connectivity index (χ0n) is 10.4. The smallest absolute Gasteiger partial charge is 0.251 e. The lowest BCUT2D eigenvalue weighted by Crippen LogP contribution is -2.45. The molecule has 1 unspecified atom stereocenters. The van der Waals surface area contributed by atoms with Crippen molar-refractivity contribution in [3.8, 4) is 0 Å². The van der Waals surface area contributed by atoms with Crippen molar-refractivity contribution in [3.05, 3.63) is 32.4 Å². The lowest BCUT2D eigenvalue weighted by Gasteiger charge is -2.29. The lowest BCUT2D eigenvalue weighted by atomic mass is 9.95. The van der Waals surface area contributed by atoms with E-state index < -0.39 is 0 Å². The van der Waals surface area contributed by atoms with Crippen LogP contribution in [0.1, 0.15) is 37.0 Å². The zero-order chi connectivity index (χ0) is 13.8. The van der Waals surface area contributed by atoms with Crippen molar-refractivity contribution < 1.29 is 4.79 Å². The maximum Gasteiger partial charge on any atom is 0.251 e. The van der Waals surface area contributed by atoms with Gasteiger partial charge in [0.15, 0.2) is 0 Å². The van der Waals surface area contributed by atoms with Gasteiger partial charge in [-0.05, 0) is 60.6 Å². The molecule has 0 radical (unpaired) electrons. The van der Waals surface area contributed by atoms with Crippen LogP contribution in [0.4, 0.5) is 0 Å². The van der Waals surface area contributed by atoms with Crippen LogP contribution in [0.2, 0.25) is 5.02 Å². The number of halogens is 3. The predicted molar refractivity (Wildman–Crippen MR) is 85.7 cm³/mol. The highest BCUT2D eigenvalue weighted by Gasteiger charge is 2.24. The molecule has 100 valence electrons. The van der Waals surface area contributed by atoms with Gasteiger partial charge in [0.25, 0.3) is 5.91 Å². The van der Waals surface area contributed by atoms with Gasteiger partial charge in [-0.3, -0.25) is 4.79 Å². The van der Waals surface area contributed by atoms with Crippen LogP contribution in [0.5, 0.6) is 0 Å². The predicted octanol–water partition coefficient (Wildman–Crippen LogP) is 4.47. The van der Waals surface area contributed by atoms with Crippen LogP contribution in [0.3, 0.4) is 0 Å². The fourth-order valence-corrected chi connectivity index (χ4v) is 2.45. The number of alkyl halides is 1. The first kappa shape index (κ1) is 16.1. The molecule has 0 aromatic heterocycles. The van der Waals surface area contributed by atoms with E-state index in [1.165, 1.54) is 0 Å². The van der Waals surface area contributed by atoms with Gasteiger partial charge >= 0.3 is 0 Å². The second kappa shape index (κ2) is 6.96. The molecule has 0 heterocycles. The molecule has 1 aromatic carbocycles. The van der Waals surface area contributed by atoms with E-state index in [0.717, 1.165) is 16.4 Å². The molecule has 0 bridgehead atoms. The molecule has 0 saturated heterocycles. The third kappa shape index (κ3) is 4.28. The maximum absolute atomic E-state index is 12.1. The minimum atomic E-state index is -0.270. The van der Waals surface area contributed by atoms with Crippen LogP contribution in [-0.2, 0) is 0 Å². The Morgan fingerprint density at radius 1 is 1.50 bits per heavy atom. The van der Waals surface area contributed by atoms with Gasteiger partial charge in [0.2, 0.25) is 0 Å². The first-order chi connectivity index (χ1) is 8.41. The average Bonchev–Trinajstić information content (AvgIpc) is 2.32. The van der Waals surface area contributed by atoms with E-state index >= 15 is 0 Å². The van der Waals surface area contributed by atoms with Crippen molar-refractivity contribution in [2.45, 2.75) is 32.2 Å². The summed E-state index contributed by atoms with van der Waals surface area (Å²) in [5.74, 6) is 0.417. The van der Waals surface area contributed by atoms with Gasteiger partial charge in [-0.1, -0.05) is 18.5 Å². The Bertz CT molecular complexity index is 439. The van der Waals surface area contributed by atoms with Crippen LogP contribution < -0.4 is 5.32 Å². The Balaban J connectivity index is 2.84. The van der Waals surface area contributed by atoms with Gasteiger partial charge in [0, 0.05) is 20.6 Å². The number of benzene rings is 1. The molecule has 1 aromatic rings. The molecule has 1 atom stereocenters. The van der Waals surface area contributed by atoms with Gasteiger partial charge < -0.3 is 5.32 Å². The number of carbonyl (C=O) groups excluding carboxylic acids is 1. The summed E-state index contributed by atoms with van der Waals surface area (Å²) in [4.78, 5) is 12.1. The first-order valence-corrected chi connectivity index (χ1v) is 7.74. The second-order valence-corrected chi connectivity index (χ2v) is 6.38. The number of carbonyl (C=O) groups is 1. The minimum absolute atomic E-state index is 0.109. The molecule has 0 spiro atoms. The van der Waals surface area contributed by atoms with Crippen LogP contribution in [-0.4, -0.2) is 17.3 Å². The standard InChI is InChI=1S/C13H16Cl2INO/c1-3-13(2,6-7-14)17-12(18)9-4-5-11(16)10(15)8-9/h4-5,8H,3,6-7H2,1-2H3,(H,17,18). The zero-order valence-corrected chi connectivity index (χ0v) is 14.1. The summed E-state index contributed by atoms with van der Waals surface area (Å²) in [5, 5.41) is 3.62. The van der Waals surface area contributed by atoms with Crippen molar-refractivity contribution in [3.63, 3.8) is 0 Å². The van der Waals surface area contributed by atoms with Crippen molar-refractivity contribution in [1.82, 2.24) is 5.32 Å². The third-order valence-corrected chi connectivity index (χ3v) is 4.78. The molecule has 5 heteroatoms. The molecule has 2 nitrogen and oxygen atoms in total. The summed E-state index contributed by atoms with van der Waals surface area (Å²) in [7, 11) is 0. The largest absolute Gasteiger partial charge is 0.347 e. The van der Waals surface area contributed by atoms with Crippen LogP contribution in [0, 0.1) is 3.57 Å². The third-order valence-electron chi connectivity index (χ3n) is 3.02. The SMILES string of the molecule is CCC(C)(CCCl)NC(=O)c1ccc(I)c(Cl)c1. The molecule has 0 saturated carbocycles. The topological polar surface area (TPSA) is 29.1 Å². The molecule has 1 rings (SSSR count). The molecule has 0 fully saturated rings. The number of rotatable bonds is 5. The van der Waals surface area contributed by atoms with E-state index in [4.69, 9.17) is 23.2 Å². The fraction of sp³-hybridized carbons (Fsp3) is 0.462. The summed E-state index contributed by atoms with van der Waals surface area (Å²) in [6.45, 7) is 4.04. The number of hydrogen-bond donors (Lipinski definition) is 1. The van der Waals surface area contributed by atoms with Gasteiger partial charge in [-0.15, -0.1) is 11.6 Å². The Morgan fingerprint density at radius 2 is 2.17 bits per heavy atom. The lowest BCUT2D eigenvalue weighted by molar-refractivity contribution is 0.0901. The number of amides is 1. The van der Waals surface area contributed by atoms with Crippen molar-refractivity contribution in [1.29, 1.82) is 0 Å². The van der Waals surface area contributed by atoms with E-state index in [1.54, 1.807) is 12.1 Å². The average molecular weight is 400 g/mol. The van der Waals surface area contributed by atoms with Crippen molar-refractivity contribution in [2.24, 2.45) is 0 Å². The summed E-state index contributed by atoms with van der Waals surface area (Å²) >= 11 is 13.9. The molecule has 1 N–H and O–H groups in total. The van der Waals surface area contributed by atoms with E-state index in [9.17, 15) is 4.79 Å². The molecular weight excluding hydrogens is 384 g/mol. The van der Waals surface area contributed by atoms with E-state index in [1.807, 2.05) is 19.9 Å². The Kier molecular flexibility index (Phi) is 6.21. The highest BCUT2D eigenvalue weighted by atomic mass is 127. The van der Waals surface area contributed by atoms with Gasteiger partial charge in [-0.25, -0.2) is 0 Å². The monoisotopic (exact) mass is 399 g/mol. The summed E-state index contributed by atoms with van der Waals surface area (Å²) in [5.41, 5.74) is 0.309. The highest BCUT2D eigenvalue weighted by molar-refractivity contribution is 14.1. The number of hydrogen-bond acceptors (Lipinski definition) is 1. The summed E-state index contributed by atoms with van der Waals surface area (Å²) < 4.78 is 0.935. The summed E-state index contributed by atoms with van der Waals surface area (Å²) in [6, 6.07) is 5.30. The van der Waals surface area contributed by atoms with Crippen LogP contribution in [0.15, 0.2) is 18.2 Å². The molecule has 0 aliphatic heterocycles. The van der Waals surface area contributed by atoms with Gasteiger partial charge in [-0.2, -0.15) is 0 Å². The molecule has 0 aliphatic rings. The molecule has 1 amide bonds. The highest BCUT2D eigenvalue weighted by Crippen LogP contribution is 2.21. The van der Waals surface area contributed by atoms with Crippen LogP contribution in [0.25, 0.3) is 0 Å². The first-order valence-electron chi connectivity index (χ1n) is 5.75. The Hall–Kier alpha value is -0.0000000000000000555. The minimum Gasteiger partial charge on any atom is -0.347 e. The molecule has 0 aliphatic carbocycles. The normalized spacial score (nSPS) is 14.1. The number of nitrogens with one attached hydrogen (secondary N) is 1. The van der Waals surface area contributed by atoms with E-state index in [-0.39, 0.29) is 11.4 Å². The summed E-state index contributed by atoms with van der Waals surface area (Å²) in [6.07, 6.45) is 1.58. The molecule has 18 heavy (non-hydrogen) atoms. The van der Waals surface area contributed by atoms with E-state index in [0.29, 0.717) is 16.5 Å². The van der Waals surface area contributed by atoms with E-state index in [2.05, 4.69) is 27.9 Å². The van der Waals surface area contributed by atoms with Crippen LogP contribution >= 0.6 is 45.8 Å². The fourth-order valence-electron chi connectivity index (χ4n) is 1.52. The Labute approximate surface area is 132 Å². The van der Waals surface area contributed by atoms with Gasteiger partial charge in [0.05, 0.1) is 5.02 Å². The molecular formula is C13H16Cl2INO. The Morgan fingerprint density at radius 3 is 2.67 bits per heavy atom. The van der Waals surface area contributed by atoms with Crippen molar-refractivity contribution >= 4 is 51.7 Å². The quantitative estimate of drug-likeness (QED) is 0.574.